The van der Waals surface area contributed by atoms with Crippen molar-refractivity contribution in [3.05, 3.63) is 35.9 Å². The van der Waals surface area contributed by atoms with Gasteiger partial charge in [0.05, 0.1) is 12.4 Å². The molecule has 1 rings (SSSR count). The van der Waals surface area contributed by atoms with Crippen molar-refractivity contribution in [1.29, 1.82) is 0 Å². The molecule has 0 fully saturated rings. The third-order valence-electron chi connectivity index (χ3n) is 6.23. The first-order valence-corrected chi connectivity index (χ1v) is 15.6. The third-order valence-corrected chi connectivity index (χ3v) is 7.68. The van der Waals surface area contributed by atoms with Crippen LogP contribution in [0.3, 0.4) is 0 Å². The molecule has 0 heterocycles. The minimum absolute atomic E-state index is 0.0643. The number of ether oxygens (including phenoxy) is 3. The zero-order chi connectivity index (χ0) is 28.7. The summed E-state index contributed by atoms with van der Waals surface area (Å²) in [4.78, 5) is 26.2. The van der Waals surface area contributed by atoms with Crippen molar-refractivity contribution in [1.82, 2.24) is 10.6 Å². The van der Waals surface area contributed by atoms with Crippen LogP contribution in [-0.2, 0) is 40.1 Å². The lowest BCUT2D eigenvalue weighted by Crippen LogP contribution is -2.50. The molecule has 2 unspecified atom stereocenters. The van der Waals surface area contributed by atoms with Crippen LogP contribution in [0.1, 0.15) is 39.2 Å². The van der Waals surface area contributed by atoms with Crippen molar-refractivity contribution in [2.75, 3.05) is 38.0 Å². The zero-order valence-electron chi connectivity index (χ0n) is 23.1. The highest BCUT2D eigenvalue weighted by atomic mass is 32.2. The van der Waals surface area contributed by atoms with Crippen LogP contribution in [0.2, 0.25) is 0 Å². The first kappa shape index (κ1) is 34.3. The number of carbonyl (C=O) groups excluding carboxylic acids is 2. The van der Waals surface area contributed by atoms with Gasteiger partial charge in [0.15, 0.2) is 6.29 Å². The molecule has 12 heteroatoms. The lowest BCUT2D eigenvalue weighted by Gasteiger charge is -2.28. The molecule has 6 atom stereocenters. The van der Waals surface area contributed by atoms with E-state index in [1.54, 1.807) is 0 Å². The van der Waals surface area contributed by atoms with E-state index in [0.717, 1.165) is 18.2 Å². The molecule has 0 aliphatic heterocycles. The quantitative estimate of drug-likeness (QED) is 0.109. The van der Waals surface area contributed by atoms with Crippen molar-refractivity contribution >= 4 is 34.3 Å². The number of hydrogen-bond acceptors (Lipinski definition) is 10. The predicted octanol–water partition coefficient (Wildman–Crippen LogP) is 1.33. The van der Waals surface area contributed by atoms with Gasteiger partial charge in [-0.25, -0.2) is 13.2 Å². The molecule has 0 saturated heterocycles. The number of benzene rings is 1. The minimum atomic E-state index is -3.39. The fraction of sp³-hybridized carbons (Fsp3) is 0.692. The van der Waals surface area contributed by atoms with Gasteiger partial charge in [0, 0.05) is 44.2 Å². The molecule has 1 aromatic carbocycles. The predicted molar refractivity (Wildman–Crippen MR) is 152 cm³/mol. The average molecular weight is 576 g/mol. The van der Waals surface area contributed by atoms with Crippen molar-refractivity contribution in [3.8, 4) is 0 Å². The SMILES string of the molecule is CCC(C)[C@@H](CO[C@@H](Cc1ccccc1)C(=O)N[C@@H](CCS(C)(=O)=O)C(=O)OC(C)OC)NC[C@@H](N)CS. The van der Waals surface area contributed by atoms with E-state index < -0.39 is 40.1 Å². The fourth-order valence-corrected chi connectivity index (χ4v) is 4.28. The van der Waals surface area contributed by atoms with Crippen molar-refractivity contribution in [2.45, 2.75) is 70.6 Å². The molecule has 0 aliphatic carbocycles. The smallest absolute Gasteiger partial charge is 0.330 e. The lowest BCUT2D eigenvalue weighted by atomic mass is 9.99. The van der Waals surface area contributed by atoms with Gasteiger partial charge in [0.25, 0.3) is 0 Å². The van der Waals surface area contributed by atoms with Crippen LogP contribution in [0.15, 0.2) is 30.3 Å². The summed E-state index contributed by atoms with van der Waals surface area (Å²) >= 11 is 4.24. The minimum Gasteiger partial charge on any atom is -0.435 e. The maximum atomic E-state index is 13.4. The van der Waals surface area contributed by atoms with E-state index in [0.29, 0.717) is 12.3 Å². The van der Waals surface area contributed by atoms with Crippen molar-refractivity contribution in [3.63, 3.8) is 0 Å². The molecule has 1 amide bonds. The molecule has 218 valence electrons. The fourth-order valence-electron chi connectivity index (χ4n) is 3.49. The van der Waals surface area contributed by atoms with E-state index in [2.05, 4.69) is 37.1 Å². The summed E-state index contributed by atoms with van der Waals surface area (Å²) < 4.78 is 39.9. The average Bonchev–Trinajstić information content (AvgIpc) is 2.89. The Labute approximate surface area is 233 Å². The summed E-state index contributed by atoms with van der Waals surface area (Å²) in [6.45, 7) is 6.47. The molecule has 0 radical (unpaired) electrons. The second kappa shape index (κ2) is 17.8. The Morgan fingerprint density at radius 1 is 1.16 bits per heavy atom. The topological polar surface area (TPSA) is 146 Å². The number of nitrogens with two attached hydrogens (primary N) is 1. The summed E-state index contributed by atoms with van der Waals surface area (Å²) in [6.07, 6.45) is 0.289. The Hall–Kier alpha value is -1.70. The maximum Gasteiger partial charge on any atom is 0.330 e. The Morgan fingerprint density at radius 2 is 1.82 bits per heavy atom. The van der Waals surface area contributed by atoms with E-state index in [4.69, 9.17) is 19.9 Å². The Kier molecular flexibility index (Phi) is 16.1. The summed E-state index contributed by atoms with van der Waals surface area (Å²) in [5, 5.41) is 6.07. The number of rotatable bonds is 19. The Morgan fingerprint density at radius 3 is 2.37 bits per heavy atom. The van der Waals surface area contributed by atoms with E-state index in [1.165, 1.54) is 14.0 Å². The summed E-state index contributed by atoms with van der Waals surface area (Å²) in [5.74, 6) is -0.841. The lowest BCUT2D eigenvalue weighted by molar-refractivity contribution is -0.173. The van der Waals surface area contributed by atoms with Gasteiger partial charge in [0.2, 0.25) is 5.91 Å². The van der Waals surface area contributed by atoms with Gasteiger partial charge in [-0.1, -0.05) is 50.6 Å². The van der Waals surface area contributed by atoms with Crippen LogP contribution in [0.25, 0.3) is 0 Å². The molecule has 0 aliphatic rings. The van der Waals surface area contributed by atoms with Gasteiger partial charge in [-0.2, -0.15) is 12.6 Å². The van der Waals surface area contributed by atoms with Crippen LogP contribution >= 0.6 is 12.6 Å². The summed E-state index contributed by atoms with van der Waals surface area (Å²) in [7, 11) is -2.01. The molecular weight excluding hydrogens is 530 g/mol. The molecule has 0 saturated carbocycles. The normalized spacial score (nSPS) is 16.6. The number of carbonyl (C=O) groups is 2. The molecule has 4 N–H and O–H groups in total. The van der Waals surface area contributed by atoms with Gasteiger partial charge in [-0.15, -0.1) is 0 Å². The van der Waals surface area contributed by atoms with Crippen molar-refractivity contribution in [2.24, 2.45) is 11.7 Å². The number of nitrogens with one attached hydrogen (secondary N) is 2. The highest BCUT2D eigenvalue weighted by Crippen LogP contribution is 2.13. The number of hydrogen-bond donors (Lipinski definition) is 4. The van der Waals surface area contributed by atoms with Gasteiger partial charge >= 0.3 is 5.97 Å². The van der Waals surface area contributed by atoms with E-state index >= 15 is 0 Å². The highest BCUT2D eigenvalue weighted by molar-refractivity contribution is 7.90. The molecule has 0 aromatic heterocycles. The first-order valence-electron chi connectivity index (χ1n) is 12.9. The number of thiol groups is 1. The van der Waals surface area contributed by atoms with Crippen LogP contribution in [0, 0.1) is 5.92 Å². The van der Waals surface area contributed by atoms with E-state index in [-0.39, 0.29) is 43.2 Å². The van der Waals surface area contributed by atoms with Gasteiger partial charge < -0.3 is 30.6 Å². The van der Waals surface area contributed by atoms with Gasteiger partial charge in [0.1, 0.15) is 22.0 Å². The van der Waals surface area contributed by atoms with Crippen LogP contribution < -0.4 is 16.4 Å². The largest absolute Gasteiger partial charge is 0.435 e. The molecule has 0 bridgehead atoms. The third kappa shape index (κ3) is 13.9. The molecular formula is C26H45N3O7S2. The van der Waals surface area contributed by atoms with Gasteiger partial charge in [-0.05, 0) is 24.8 Å². The Bertz CT molecular complexity index is 934. The van der Waals surface area contributed by atoms with Crippen LogP contribution in [-0.4, -0.2) is 88.8 Å². The monoisotopic (exact) mass is 575 g/mol. The standard InChI is InChI=1S/C26H45N3O7S2/c1-6-18(2)23(28-15-21(27)17-37)16-35-24(14-20-10-8-7-9-11-20)25(30)29-22(12-13-38(5,32)33)26(31)36-19(3)34-4/h7-11,18-19,21-24,28,37H,6,12-17,27H2,1-5H3,(H,29,30)/t18?,19?,21-,22+,23-,24+/m1/s1. The first-order chi connectivity index (χ1) is 17.9. The maximum absolute atomic E-state index is 13.4. The second-order valence-corrected chi connectivity index (χ2v) is 12.2. The number of methoxy groups -OCH3 is 1. The number of esters is 1. The van der Waals surface area contributed by atoms with E-state index in [9.17, 15) is 18.0 Å². The van der Waals surface area contributed by atoms with Crippen molar-refractivity contribution < 1.29 is 32.2 Å². The zero-order valence-corrected chi connectivity index (χ0v) is 24.8. The van der Waals surface area contributed by atoms with Gasteiger partial charge in [-0.3, -0.25) is 4.79 Å². The number of sulfone groups is 1. The van der Waals surface area contributed by atoms with Crippen LogP contribution in [0.5, 0.6) is 0 Å². The summed E-state index contributed by atoms with van der Waals surface area (Å²) in [5.41, 5.74) is 6.89. The summed E-state index contributed by atoms with van der Waals surface area (Å²) in [6, 6.07) is 8.01. The highest BCUT2D eigenvalue weighted by Gasteiger charge is 2.30. The molecule has 0 spiro atoms. The molecule has 10 nitrogen and oxygen atoms in total. The molecule has 38 heavy (non-hydrogen) atoms. The van der Waals surface area contributed by atoms with Crippen LogP contribution in [0.4, 0.5) is 0 Å². The number of amides is 1. The second-order valence-electron chi connectivity index (χ2n) is 9.57. The van der Waals surface area contributed by atoms with E-state index in [1.807, 2.05) is 30.3 Å². The Balaban J connectivity index is 3.10. The molecule has 1 aromatic rings.